The van der Waals surface area contributed by atoms with Gasteiger partial charge in [0.2, 0.25) is 0 Å². The third kappa shape index (κ3) is 2.90. The molecular formula is C15H23N3S. The first-order chi connectivity index (χ1) is 9.21. The fourth-order valence-electron chi connectivity index (χ4n) is 2.36. The van der Waals surface area contributed by atoms with Crippen LogP contribution in [-0.2, 0) is 13.0 Å². The van der Waals surface area contributed by atoms with Gasteiger partial charge in [-0.05, 0) is 49.9 Å². The van der Waals surface area contributed by atoms with Crippen molar-refractivity contribution in [3.63, 3.8) is 0 Å². The van der Waals surface area contributed by atoms with E-state index in [4.69, 9.17) is 0 Å². The van der Waals surface area contributed by atoms with E-state index in [0.29, 0.717) is 0 Å². The molecular weight excluding hydrogens is 254 g/mol. The maximum atomic E-state index is 4.67. The molecule has 0 aliphatic heterocycles. The smallest absolute Gasteiger partial charge is 0.0844 e. The van der Waals surface area contributed by atoms with Crippen molar-refractivity contribution in [2.24, 2.45) is 0 Å². The number of aromatic nitrogens is 2. The molecule has 0 aromatic carbocycles. The second kappa shape index (κ2) is 6.35. The van der Waals surface area contributed by atoms with Gasteiger partial charge in [0, 0.05) is 11.4 Å². The van der Waals surface area contributed by atoms with Crippen LogP contribution in [-0.4, -0.2) is 16.3 Å². The van der Waals surface area contributed by atoms with Gasteiger partial charge in [-0.25, -0.2) is 0 Å². The lowest BCUT2D eigenvalue weighted by Crippen LogP contribution is -2.24. The molecule has 1 unspecified atom stereocenters. The minimum atomic E-state index is 0.262. The molecule has 19 heavy (non-hydrogen) atoms. The highest BCUT2D eigenvalue weighted by molar-refractivity contribution is 7.10. The van der Waals surface area contributed by atoms with Crippen LogP contribution in [0.2, 0.25) is 0 Å². The number of thiophene rings is 1. The number of aryl methyl sites for hydroxylation is 3. The molecule has 0 aliphatic carbocycles. The second-order valence-electron chi connectivity index (χ2n) is 4.69. The second-order valence-corrected chi connectivity index (χ2v) is 5.64. The Kier molecular flexibility index (Phi) is 4.77. The van der Waals surface area contributed by atoms with Gasteiger partial charge < -0.3 is 5.32 Å². The molecule has 0 aliphatic rings. The molecule has 104 valence electrons. The highest BCUT2D eigenvalue weighted by Crippen LogP contribution is 2.30. The van der Waals surface area contributed by atoms with E-state index in [-0.39, 0.29) is 6.04 Å². The first kappa shape index (κ1) is 14.3. The van der Waals surface area contributed by atoms with E-state index in [2.05, 4.69) is 60.3 Å². The van der Waals surface area contributed by atoms with E-state index in [1.165, 1.54) is 21.8 Å². The van der Waals surface area contributed by atoms with Gasteiger partial charge in [-0.3, -0.25) is 4.68 Å². The Morgan fingerprint density at radius 1 is 1.37 bits per heavy atom. The minimum absolute atomic E-state index is 0.262. The largest absolute Gasteiger partial charge is 0.305 e. The molecule has 1 N–H and O–H groups in total. The highest BCUT2D eigenvalue weighted by atomic mass is 32.1. The number of nitrogens with zero attached hydrogens (tertiary/aromatic N) is 2. The summed E-state index contributed by atoms with van der Waals surface area (Å²) in [5, 5.41) is 10.4. The molecule has 0 spiro atoms. The lowest BCUT2D eigenvalue weighted by Gasteiger charge is -2.18. The minimum Gasteiger partial charge on any atom is -0.305 e. The van der Waals surface area contributed by atoms with E-state index >= 15 is 0 Å². The fraction of sp³-hybridized carbons (Fsp3) is 0.533. The van der Waals surface area contributed by atoms with Crippen LogP contribution in [0.15, 0.2) is 17.5 Å². The van der Waals surface area contributed by atoms with Crippen molar-refractivity contribution in [3.8, 4) is 0 Å². The monoisotopic (exact) mass is 277 g/mol. The lowest BCUT2D eigenvalue weighted by molar-refractivity contribution is 0.544. The van der Waals surface area contributed by atoms with Crippen molar-refractivity contribution >= 4 is 11.3 Å². The van der Waals surface area contributed by atoms with Gasteiger partial charge in [-0.1, -0.05) is 13.8 Å². The van der Waals surface area contributed by atoms with E-state index in [9.17, 15) is 0 Å². The van der Waals surface area contributed by atoms with Gasteiger partial charge in [0.15, 0.2) is 0 Å². The average Bonchev–Trinajstić information content (AvgIpc) is 3.02. The third-order valence-electron chi connectivity index (χ3n) is 3.39. The predicted octanol–water partition coefficient (Wildman–Crippen LogP) is 3.53. The quantitative estimate of drug-likeness (QED) is 0.875. The van der Waals surface area contributed by atoms with E-state index in [1.54, 1.807) is 0 Å². The summed E-state index contributed by atoms with van der Waals surface area (Å²) in [5.74, 6) is 0. The summed E-state index contributed by atoms with van der Waals surface area (Å²) in [6.07, 6.45) is 0.988. The topological polar surface area (TPSA) is 29.9 Å². The molecule has 1 atom stereocenters. The van der Waals surface area contributed by atoms with E-state index < -0.39 is 0 Å². The molecule has 2 heterocycles. The Morgan fingerprint density at radius 2 is 2.16 bits per heavy atom. The van der Waals surface area contributed by atoms with Crippen LogP contribution < -0.4 is 5.32 Å². The first-order valence-electron chi connectivity index (χ1n) is 7.05. The molecule has 4 heteroatoms. The summed E-state index contributed by atoms with van der Waals surface area (Å²) in [4.78, 5) is 1.40. The number of hydrogen-bond donors (Lipinski definition) is 1. The SMILES string of the molecule is CCNC(c1sccc1C)c1cc(CC)nn1CC. The Morgan fingerprint density at radius 3 is 2.68 bits per heavy atom. The van der Waals surface area contributed by atoms with Crippen molar-refractivity contribution in [3.05, 3.63) is 39.3 Å². The fourth-order valence-corrected chi connectivity index (χ4v) is 3.37. The Bertz CT molecular complexity index is 527. The molecule has 0 bridgehead atoms. The Balaban J connectivity index is 2.44. The molecule has 2 aromatic heterocycles. The summed E-state index contributed by atoms with van der Waals surface area (Å²) in [7, 11) is 0. The van der Waals surface area contributed by atoms with Gasteiger partial charge >= 0.3 is 0 Å². The zero-order valence-corrected chi connectivity index (χ0v) is 13.0. The van der Waals surface area contributed by atoms with Crippen molar-refractivity contribution in [2.75, 3.05) is 6.54 Å². The predicted molar refractivity (Wildman–Crippen MR) is 81.9 cm³/mol. The van der Waals surface area contributed by atoms with Crippen molar-refractivity contribution in [1.82, 2.24) is 15.1 Å². The van der Waals surface area contributed by atoms with Crippen LogP contribution in [0.25, 0.3) is 0 Å². The summed E-state index contributed by atoms with van der Waals surface area (Å²) < 4.78 is 2.13. The zero-order valence-electron chi connectivity index (χ0n) is 12.2. The number of nitrogens with one attached hydrogen (secondary N) is 1. The standard InChI is InChI=1S/C15H23N3S/c1-5-12-10-13(18(7-3)17-12)14(16-6-2)15-11(4)8-9-19-15/h8-10,14,16H,5-7H2,1-4H3. The van der Waals surface area contributed by atoms with Crippen molar-refractivity contribution in [2.45, 2.75) is 46.7 Å². The van der Waals surface area contributed by atoms with Crippen LogP contribution in [0.4, 0.5) is 0 Å². The molecule has 2 aromatic rings. The molecule has 0 saturated carbocycles. The van der Waals surface area contributed by atoms with Gasteiger partial charge in [0.05, 0.1) is 17.4 Å². The Hall–Kier alpha value is -1.13. The molecule has 0 saturated heterocycles. The number of hydrogen-bond acceptors (Lipinski definition) is 3. The van der Waals surface area contributed by atoms with Crippen LogP contribution >= 0.6 is 11.3 Å². The molecule has 0 radical (unpaired) electrons. The third-order valence-corrected chi connectivity index (χ3v) is 4.48. The zero-order chi connectivity index (χ0) is 13.8. The van der Waals surface area contributed by atoms with Crippen LogP contribution in [0.5, 0.6) is 0 Å². The van der Waals surface area contributed by atoms with Gasteiger partial charge in [-0.15, -0.1) is 11.3 Å². The van der Waals surface area contributed by atoms with E-state index in [0.717, 1.165) is 19.5 Å². The van der Waals surface area contributed by atoms with Gasteiger partial charge in [0.1, 0.15) is 0 Å². The van der Waals surface area contributed by atoms with Crippen LogP contribution in [0, 0.1) is 6.92 Å². The van der Waals surface area contributed by atoms with Crippen LogP contribution in [0.3, 0.4) is 0 Å². The molecule has 0 amide bonds. The average molecular weight is 277 g/mol. The van der Waals surface area contributed by atoms with Gasteiger partial charge in [0.25, 0.3) is 0 Å². The summed E-state index contributed by atoms with van der Waals surface area (Å²) >= 11 is 1.82. The van der Waals surface area contributed by atoms with Crippen molar-refractivity contribution in [1.29, 1.82) is 0 Å². The maximum Gasteiger partial charge on any atom is 0.0844 e. The summed E-state index contributed by atoms with van der Waals surface area (Å²) in [5.41, 5.74) is 3.82. The molecule has 0 fully saturated rings. The van der Waals surface area contributed by atoms with E-state index in [1.807, 2.05) is 11.3 Å². The van der Waals surface area contributed by atoms with Gasteiger partial charge in [-0.2, -0.15) is 5.10 Å². The normalized spacial score (nSPS) is 12.8. The first-order valence-corrected chi connectivity index (χ1v) is 7.93. The van der Waals surface area contributed by atoms with Crippen molar-refractivity contribution < 1.29 is 0 Å². The molecule has 2 rings (SSSR count). The summed E-state index contributed by atoms with van der Waals surface area (Å²) in [6, 6.07) is 4.70. The molecule has 3 nitrogen and oxygen atoms in total. The number of rotatable bonds is 6. The summed E-state index contributed by atoms with van der Waals surface area (Å²) in [6.45, 7) is 10.5. The highest BCUT2D eigenvalue weighted by Gasteiger charge is 2.21. The maximum absolute atomic E-state index is 4.67. The van der Waals surface area contributed by atoms with Crippen LogP contribution in [0.1, 0.15) is 48.6 Å². The Labute approximate surface area is 119 Å². The lowest BCUT2D eigenvalue weighted by atomic mass is 10.1.